The molecule has 20 heavy (non-hydrogen) atoms. The third-order valence-corrected chi connectivity index (χ3v) is 3.90. The molecule has 5 nitrogen and oxygen atoms in total. The van der Waals surface area contributed by atoms with Gasteiger partial charge >= 0.3 is 0 Å². The Morgan fingerprint density at radius 2 is 1.95 bits per heavy atom. The molecule has 1 aliphatic carbocycles. The molecule has 1 heterocycles. The molecule has 104 valence electrons. The quantitative estimate of drug-likeness (QED) is 0.634. The van der Waals surface area contributed by atoms with Crippen LogP contribution in [0.25, 0.3) is 0 Å². The van der Waals surface area contributed by atoms with E-state index in [1.165, 1.54) is 24.2 Å². The number of non-ortho nitro benzene ring substituents is 1. The van der Waals surface area contributed by atoms with Crippen LogP contribution in [0.2, 0.25) is 0 Å². The maximum absolute atomic E-state index is 10.6. The Morgan fingerprint density at radius 1 is 1.20 bits per heavy atom. The van der Waals surface area contributed by atoms with Gasteiger partial charge in [0.15, 0.2) is 0 Å². The highest BCUT2D eigenvalue weighted by Crippen LogP contribution is 2.20. The molecule has 3 rings (SSSR count). The number of benzene rings is 1. The Bertz CT molecular complexity index is 617. The third kappa shape index (κ3) is 2.57. The number of fused-ring (bicyclic) bond motifs is 1. The molecule has 0 saturated carbocycles. The Balaban J connectivity index is 1.67. The lowest BCUT2D eigenvalue weighted by Gasteiger charge is -2.13. The van der Waals surface area contributed by atoms with Gasteiger partial charge in [0.2, 0.25) is 0 Å². The minimum atomic E-state index is -0.365. The van der Waals surface area contributed by atoms with E-state index in [-0.39, 0.29) is 10.6 Å². The molecule has 1 aromatic carbocycles. The van der Waals surface area contributed by atoms with Crippen molar-refractivity contribution in [3.05, 3.63) is 57.7 Å². The summed E-state index contributed by atoms with van der Waals surface area (Å²) >= 11 is 0. The monoisotopic (exact) mass is 271 g/mol. The Kier molecular flexibility index (Phi) is 3.50. The van der Waals surface area contributed by atoms with Gasteiger partial charge in [-0.15, -0.1) is 0 Å². The van der Waals surface area contributed by atoms with Gasteiger partial charge in [-0.2, -0.15) is 0 Å². The normalized spacial score (nSPS) is 14.0. The van der Waals surface area contributed by atoms with Crippen molar-refractivity contribution < 1.29 is 4.92 Å². The average molecular weight is 271 g/mol. The summed E-state index contributed by atoms with van der Waals surface area (Å²) in [6.45, 7) is 0.889. The van der Waals surface area contributed by atoms with Gasteiger partial charge in [0, 0.05) is 24.4 Å². The first-order valence-corrected chi connectivity index (χ1v) is 7.00. The molecule has 0 bridgehead atoms. The molecule has 5 heteroatoms. The van der Waals surface area contributed by atoms with Crippen LogP contribution in [-0.4, -0.2) is 14.5 Å². The molecular formula is C15H17N3O2. The molecule has 0 radical (unpaired) electrons. The summed E-state index contributed by atoms with van der Waals surface area (Å²) in [5.41, 5.74) is 3.89. The molecule has 0 atom stereocenters. The van der Waals surface area contributed by atoms with E-state index in [4.69, 9.17) is 0 Å². The smallest absolute Gasteiger partial charge is 0.269 e. The van der Waals surface area contributed by atoms with Crippen molar-refractivity contribution in [1.82, 2.24) is 9.55 Å². The number of nitro groups is 1. The van der Waals surface area contributed by atoms with Gasteiger partial charge in [-0.05, 0) is 37.7 Å². The van der Waals surface area contributed by atoms with Crippen molar-refractivity contribution in [2.75, 3.05) is 0 Å². The Labute approximate surface area is 117 Å². The summed E-state index contributed by atoms with van der Waals surface area (Å²) in [5.74, 6) is 0. The number of imidazole rings is 1. The fraction of sp³-hybridized carbons (Fsp3) is 0.400. The van der Waals surface area contributed by atoms with Gasteiger partial charge in [0.1, 0.15) is 0 Å². The zero-order valence-corrected chi connectivity index (χ0v) is 11.3. The van der Waals surface area contributed by atoms with Crippen LogP contribution in [-0.2, 0) is 25.8 Å². The summed E-state index contributed by atoms with van der Waals surface area (Å²) in [6.07, 6.45) is 7.51. The molecule has 0 N–H and O–H groups in total. The van der Waals surface area contributed by atoms with Crippen molar-refractivity contribution in [2.45, 2.75) is 38.6 Å². The van der Waals surface area contributed by atoms with Crippen LogP contribution in [0.1, 0.15) is 29.8 Å². The second-order valence-electron chi connectivity index (χ2n) is 5.21. The number of nitro benzene ring substituents is 1. The zero-order valence-electron chi connectivity index (χ0n) is 11.3. The van der Waals surface area contributed by atoms with Gasteiger partial charge < -0.3 is 4.57 Å². The van der Waals surface area contributed by atoms with Crippen molar-refractivity contribution in [2.24, 2.45) is 0 Å². The first kappa shape index (κ1) is 12.8. The summed E-state index contributed by atoms with van der Waals surface area (Å²) in [6, 6.07) is 6.81. The second-order valence-corrected chi connectivity index (χ2v) is 5.21. The van der Waals surface area contributed by atoms with E-state index in [1.54, 1.807) is 12.1 Å². The molecule has 0 saturated heterocycles. The highest BCUT2D eigenvalue weighted by atomic mass is 16.6. The van der Waals surface area contributed by atoms with E-state index in [2.05, 4.69) is 9.55 Å². The molecule has 0 unspecified atom stereocenters. The van der Waals surface area contributed by atoms with E-state index < -0.39 is 0 Å². The van der Waals surface area contributed by atoms with E-state index >= 15 is 0 Å². The van der Waals surface area contributed by atoms with Gasteiger partial charge in [0.05, 0.1) is 16.9 Å². The highest BCUT2D eigenvalue weighted by Gasteiger charge is 2.14. The molecule has 0 spiro atoms. The molecule has 0 aliphatic heterocycles. The first-order valence-electron chi connectivity index (χ1n) is 7.00. The largest absolute Gasteiger partial charge is 0.334 e. The lowest BCUT2D eigenvalue weighted by molar-refractivity contribution is -0.384. The predicted octanol–water partition coefficient (Wildman–Crippen LogP) is 2.91. The molecule has 1 aliphatic rings. The van der Waals surface area contributed by atoms with Crippen LogP contribution in [0.5, 0.6) is 0 Å². The molecule has 2 aromatic rings. The van der Waals surface area contributed by atoms with Crippen LogP contribution >= 0.6 is 0 Å². The van der Waals surface area contributed by atoms with Crippen molar-refractivity contribution in [1.29, 1.82) is 0 Å². The minimum absolute atomic E-state index is 0.147. The van der Waals surface area contributed by atoms with Crippen molar-refractivity contribution in [3.8, 4) is 0 Å². The third-order valence-electron chi connectivity index (χ3n) is 3.90. The van der Waals surface area contributed by atoms with E-state index in [9.17, 15) is 10.1 Å². The number of aromatic nitrogens is 2. The summed E-state index contributed by atoms with van der Waals surface area (Å²) < 4.78 is 2.23. The van der Waals surface area contributed by atoms with Gasteiger partial charge in [-0.1, -0.05) is 12.1 Å². The fourth-order valence-electron chi connectivity index (χ4n) is 2.76. The summed E-state index contributed by atoms with van der Waals surface area (Å²) in [7, 11) is 0. The van der Waals surface area contributed by atoms with E-state index in [0.717, 1.165) is 31.4 Å². The number of rotatable bonds is 4. The second kappa shape index (κ2) is 5.45. The van der Waals surface area contributed by atoms with Crippen LogP contribution in [0.3, 0.4) is 0 Å². The lowest BCUT2D eigenvalue weighted by atomic mass is 10.0. The average Bonchev–Trinajstić information content (AvgIpc) is 2.89. The molecular weight excluding hydrogens is 254 g/mol. The fourth-order valence-corrected chi connectivity index (χ4v) is 2.76. The topological polar surface area (TPSA) is 61.0 Å². The van der Waals surface area contributed by atoms with Crippen LogP contribution < -0.4 is 0 Å². The van der Waals surface area contributed by atoms with Gasteiger partial charge in [-0.3, -0.25) is 10.1 Å². The summed E-state index contributed by atoms with van der Waals surface area (Å²) in [5, 5.41) is 10.6. The first-order chi connectivity index (χ1) is 9.74. The van der Waals surface area contributed by atoms with Crippen molar-refractivity contribution in [3.63, 3.8) is 0 Å². The number of nitrogens with zero attached hydrogens (tertiary/aromatic N) is 3. The van der Waals surface area contributed by atoms with Crippen LogP contribution in [0.15, 0.2) is 30.6 Å². The van der Waals surface area contributed by atoms with Gasteiger partial charge in [-0.25, -0.2) is 4.98 Å². The number of hydrogen-bond donors (Lipinski definition) is 0. The Hall–Kier alpha value is -2.17. The maximum Gasteiger partial charge on any atom is 0.269 e. The standard InChI is InChI=1S/C15H17N3O2/c19-18(20)13-7-5-12(6-8-13)9-10-17-11-16-14-3-1-2-4-15(14)17/h5-8,11H,1-4,9-10H2. The summed E-state index contributed by atoms with van der Waals surface area (Å²) in [4.78, 5) is 14.7. The predicted molar refractivity (Wildman–Crippen MR) is 75.7 cm³/mol. The van der Waals surface area contributed by atoms with E-state index in [1.807, 2.05) is 18.5 Å². The zero-order chi connectivity index (χ0) is 13.9. The minimum Gasteiger partial charge on any atom is -0.334 e. The SMILES string of the molecule is O=[N+]([O-])c1ccc(CCn2cnc3c2CCCC3)cc1. The van der Waals surface area contributed by atoms with E-state index in [0.29, 0.717) is 0 Å². The lowest BCUT2D eigenvalue weighted by Crippen LogP contribution is -2.09. The molecule has 0 amide bonds. The molecule has 0 fully saturated rings. The van der Waals surface area contributed by atoms with Gasteiger partial charge in [0.25, 0.3) is 5.69 Å². The Morgan fingerprint density at radius 3 is 2.70 bits per heavy atom. The number of hydrogen-bond acceptors (Lipinski definition) is 3. The number of aryl methyl sites for hydroxylation is 3. The van der Waals surface area contributed by atoms with Crippen LogP contribution in [0, 0.1) is 10.1 Å². The highest BCUT2D eigenvalue weighted by molar-refractivity contribution is 5.32. The van der Waals surface area contributed by atoms with Crippen molar-refractivity contribution >= 4 is 5.69 Å². The maximum atomic E-state index is 10.6. The molecule has 1 aromatic heterocycles. The van der Waals surface area contributed by atoms with Crippen LogP contribution in [0.4, 0.5) is 5.69 Å².